The molecule has 1 saturated heterocycles. The number of piperidine rings is 1. The van der Waals surface area contributed by atoms with Gasteiger partial charge in [0.25, 0.3) is 0 Å². The number of hydrogen-bond acceptors (Lipinski definition) is 2. The van der Waals surface area contributed by atoms with E-state index in [2.05, 4.69) is 14.1 Å². The number of nitrogens with zero attached hydrogens (tertiary/aromatic N) is 1. The lowest BCUT2D eigenvalue weighted by Gasteiger charge is -2.31. The topological polar surface area (TPSA) is 23.5 Å². The van der Waals surface area contributed by atoms with Gasteiger partial charge in [-0.25, -0.2) is 0 Å². The van der Waals surface area contributed by atoms with Crippen LogP contribution in [-0.2, 0) is 0 Å². The van der Waals surface area contributed by atoms with E-state index in [9.17, 15) is 0 Å². The van der Waals surface area contributed by atoms with Crippen molar-refractivity contribution < 1.29 is 5.11 Å². The van der Waals surface area contributed by atoms with Gasteiger partial charge in [-0.2, -0.15) is 0 Å². The lowest BCUT2D eigenvalue weighted by atomic mass is 10.0. The Hall–Kier alpha value is 0.350. The van der Waals surface area contributed by atoms with E-state index in [0.29, 0.717) is 12.6 Å². The van der Waals surface area contributed by atoms with Crippen LogP contribution < -0.4 is 0 Å². The van der Waals surface area contributed by atoms with Crippen LogP contribution in [0.3, 0.4) is 0 Å². The fourth-order valence-electron chi connectivity index (χ4n) is 1.66. The summed E-state index contributed by atoms with van der Waals surface area (Å²) in [5.41, 5.74) is 0. The smallest absolute Gasteiger partial charge is 0.0431 e. The van der Waals surface area contributed by atoms with Gasteiger partial charge in [-0.15, -0.1) is 0 Å². The maximum absolute atomic E-state index is 8.66. The second-order valence-corrected chi connectivity index (χ2v) is 3.92. The fourth-order valence-corrected chi connectivity index (χ4v) is 2.14. The van der Waals surface area contributed by atoms with Gasteiger partial charge in [0.2, 0.25) is 0 Å². The molecule has 0 amide bonds. The average Bonchev–Trinajstić information content (AvgIpc) is 2.03. The van der Waals surface area contributed by atoms with Crippen LogP contribution in [0.25, 0.3) is 0 Å². The van der Waals surface area contributed by atoms with Gasteiger partial charge in [-0.1, -0.05) is 15.8 Å². The predicted molar refractivity (Wildman–Crippen MR) is 50.4 cm³/mol. The summed E-state index contributed by atoms with van der Waals surface area (Å²) in [5.74, 6) is 0. The van der Waals surface area contributed by atoms with Crippen molar-refractivity contribution in [2.24, 2.45) is 0 Å². The highest BCUT2D eigenvalue weighted by atomic mass is 31.0. The van der Waals surface area contributed by atoms with Crippen LogP contribution in [-0.4, -0.2) is 29.0 Å². The molecule has 0 spiro atoms. The summed E-state index contributed by atoms with van der Waals surface area (Å²) in [7, 11) is 2.79. The minimum atomic E-state index is 0.342. The molecule has 1 aliphatic heterocycles. The van der Waals surface area contributed by atoms with Gasteiger partial charge in [0.15, 0.2) is 0 Å². The van der Waals surface area contributed by atoms with Crippen LogP contribution in [0.4, 0.5) is 0 Å². The zero-order chi connectivity index (χ0) is 8.10. The second kappa shape index (κ2) is 5.08. The van der Waals surface area contributed by atoms with Crippen molar-refractivity contribution in [1.82, 2.24) is 4.67 Å². The molecule has 1 aliphatic rings. The average molecular weight is 175 g/mol. The summed E-state index contributed by atoms with van der Waals surface area (Å²) >= 11 is 0. The van der Waals surface area contributed by atoms with Crippen LogP contribution in [0.15, 0.2) is 0 Å². The zero-order valence-corrected chi connectivity index (χ0v) is 8.15. The molecule has 0 aliphatic carbocycles. The molecule has 2 unspecified atom stereocenters. The molecule has 1 N–H and O–H groups in total. The maximum Gasteiger partial charge on any atom is 0.0431 e. The first-order chi connectivity index (χ1) is 5.34. The second-order valence-electron chi connectivity index (χ2n) is 3.25. The first-order valence-electron chi connectivity index (χ1n) is 4.47. The Balaban J connectivity index is 2.18. The largest absolute Gasteiger partial charge is 0.396 e. The highest BCUT2D eigenvalue weighted by Gasteiger charge is 2.17. The first-order valence-corrected chi connectivity index (χ1v) is 4.98. The van der Waals surface area contributed by atoms with Crippen LogP contribution in [0.5, 0.6) is 0 Å². The first kappa shape index (κ1) is 9.44. The Kier molecular flexibility index (Phi) is 4.36. The molecule has 3 heteroatoms. The molecule has 2 nitrogen and oxygen atoms in total. The highest BCUT2D eigenvalue weighted by Crippen LogP contribution is 2.23. The minimum Gasteiger partial charge on any atom is -0.396 e. The summed E-state index contributed by atoms with van der Waals surface area (Å²) in [5, 5.41) is 8.66. The third-order valence-corrected chi connectivity index (χ3v) is 3.05. The van der Waals surface area contributed by atoms with Crippen LogP contribution in [0, 0.1) is 0 Å². The van der Waals surface area contributed by atoms with Gasteiger partial charge >= 0.3 is 0 Å². The van der Waals surface area contributed by atoms with Crippen molar-refractivity contribution in [2.45, 2.75) is 38.1 Å². The highest BCUT2D eigenvalue weighted by molar-refractivity contribution is 7.13. The van der Waals surface area contributed by atoms with Crippen LogP contribution >= 0.6 is 9.39 Å². The number of aliphatic hydroxyl groups is 1. The lowest BCUT2D eigenvalue weighted by Crippen LogP contribution is -2.31. The third-order valence-electron chi connectivity index (χ3n) is 2.37. The molecule has 66 valence electrons. The molecule has 0 bridgehead atoms. The molecule has 1 rings (SSSR count). The maximum atomic E-state index is 8.66. The Morgan fingerprint density at radius 1 is 1.45 bits per heavy atom. The summed E-state index contributed by atoms with van der Waals surface area (Å²) in [6, 6.07) is 0.709. The van der Waals surface area contributed by atoms with Crippen molar-refractivity contribution in [3.63, 3.8) is 0 Å². The van der Waals surface area contributed by atoms with E-state index in [0.717, 1.165) is 12.8 Å². The van der Waals surface area contributed by atoms with Gasteiger partial charge in [0.1, 0.15) is 0 Å². The van der Waals surface area contributed by atoms with Crippen molar-refractivity contribution in [2.75, 3.05) is 13.2 Å². The Morgan fingerprint density at radius 3 is 2.91 bits per heavy atom. The van der Waals surface area contributed by atoms with Gasteiger partial charge < -0.3 is 5.11 Å². The van der Waals surface area contributed by atoms with E-state index in [4.69, 9.17) is 5.11 Å². The monoisotopic (exact) mass is 175 g/mol. The summed E-state index contributed by atoms with van der Waals surface area (Å²) in [6.07, 6.45) is 6.11. The van der Waals surface area contributed by atoms with Gasteiger partial charge in [0.05, 0.1) is 0 Å². The number of rotatable bonds is 3. The molecule has 1 heterocycles. The van der Waals surface area contributed by atoms with E-state index in [-0.39, 0.29) is 0 Å². The zero-order valence-electron chi connectivity index (χ0n) is 7.00. The Bertz CT molecular complexity index is 110. The standard InChI is InChI=1S/C8H18NOP/c10-7-3-5-8-4-1-2-6-9(8)11/h8,10H,1-7,11H2. The SMILES string of the molecule is OCCCC1CCCCN1P. The van der Waals surface area contributed by atoms with E-state index in [1.165, 1.54) is 25.8 Å². The molecule has 1 fully saturated rings. The number of hydrogen-bond donors (Lipinski definition) is 1. The normalized spacial score (nSPS) is 27.3. The quantitative estimate of drug-likeness (QED) is 0.655. The van der Waals surface area contributed by atoms with E-state index < -0.39 is 0 Å². The van der Waals surface area contributed by atoms with Crippen molar-refractivity contribution in [1.29, 1.82) is 0 Å². The fraction of sp³-hybridized carbons (Fsp3) is 1.00. The molecular formula is C8H18NOP. The predicted octanol–water partition coefficient (Wildman–Crippen LogP) is 1.40. The molecule has 2 atom stereocenters. The number of aliphatic hydroxyl groups excluding tert-OH is 1. The molecule has 0 aromatic heterocycles. The summed E-state index contributed by atoms with van der Waals surface area (Å²) in [6.45, 7) is 1.55. The summed E-state index contributed by atoms with van der Waals surface area (Å²) in [4.78, 5) is 0. The molecule has 0 saturated carbocycles. The Labute approximate surface area is 71.2 Å². The van der Waals surface area contributed by atoms with E-state index in [1.807, 2.05) is 0 Å². The van der Waals surface area contributed by atoms with Gasteiger partial charge in [-0.05, 0) is 25.7 Å². The Morgan fingerprint density at radius 2 is 2.27 bits per heavy atom. The van der Waals surface area contributed by atoms with Crippen molar-refractivity contribution in [3.8, 4) is 0 Å². The van der Waals surface area contributed by atoms with Gasteiger partial charge in [-0.3, -0.25) is 4.67 Å². The summed E-state index contributed by atoms with van der Waals surface area (Å²) < 4.78 is 2.35. The molecule has 0 aromatic rings. The van der Waals surface area contributed by atoms with Crippen molar-refractivity contribution >= 4 is 9.39 Å². The minimum absolute atomic E-state index is 0.342. The van der Waals surface area contributed by atoms with E-state index >= 15 is 0 Å². The van der Waals surface area contributed by atoms with Crippen molar-refractivity contribution in [3.05, 3.63) is 0 Å². The lowest BCUT2D eigenvalue weighted by molar-refractivity contribution is 0.225. The molecule has 11 heavy (non-hydrogen) atoms. The molecule has 0 aromatic carbocycles. The molecular weight excluding hydrogens is 157 g/mol. The van der Waals surface area contributed by atoms with Crippen LogP contribution in [0.1, 0.15) is 32.1 Å². The van der Waals surface area contributed by atoms with Gasteiger partial charge in [0, 0.05) is 19.2 Å². The van der Waals surface area contributed by atoms with E-state index in [1.54, 1.807) is 0 Å². The third kappa shape index (κ3) is 3.06. The van der Waals surface area contributed by atoms with Crippen LogP contribution in [0.2, 0.25) is 0 Å². The molecule has 0 radical (unpaired) electrons.